The maximum absolute atomic E-state index is 13.6. The molecule has 0 bridgehead atoms. The fourth-order valence-electron chi connectivity index (χ4n) is 1.07. The van der Waals surface area contributed by atoms with E-state index in [9.17, 15) is 14.0 Å². The minimum atomic E-state index is -1.15. The highest BCUT2D eigenvalue weighted by Crippen LogP contribution is 2.29. The normalized spacial score (nSPS) is 9.75. The number of carbonyl (C=O) groups is 2. The Labute approximate surface area is 95.9 Å². The Hall–Kier alpha value is -1.62. The Kier molecular flexibility index (Phi) is 3.84. The van der Waals surface area contributed by atoms with Crippen molar-refractivity contribution in [1.29, 1.82) is 0 Å². The molecule has 4 nitrogen and oxygen atoms in total. The van der Waals surface area contributed by atoms with E-state index in [0.717, 1.165) is 13.2 Å². The number of benzene rings is 1. The van der Waals surface area contributed by atoms with Gasteiger partial charge in [-0.15, -0.1) is 0 Å². The number of Topliss-reactive ketones (excluding diaryl/α,β-unsaturated/α-hetero) is 1. The minimum absolute atomic E-state index is 0.0839. The Morgan fingerprint density at radius 1 is 1.31 bits per heavy atom. The van der Waals surface area contributed by atoms with Crippen LogP contribution in [0.25, 0.3) is 0 Å². The quantitative estimate of drug-likeness (QED) is 0.464. The summed E-state index contributed by atoms with van der Waals surface area (Å²) in [6.45, 7) is 0. The number of halogens is 2. The van der Waals surface area contributed by atoms with Crippen LogP contribution in [0.1, 0.15) is 10.4 Å². The zero-order valence-electron chi connectivity index (χ0n) is 8.54. The van der Waals surface area contributed by atoms with Crippen molar-refractivity contribution in [3.8, 4) is 5.75 Å². The standard InChI is InChI=1S/C10H8ClFO4/c1-15-6-4-3-5(8(12)7(6)11)9(13)10(14)16-2/h3-4H,1-2H3. The molecule has 0 fully saturated rings. The van der Waals surface area contributed by atoms with E-state index in [0.29, 0.717) is 0 Å². The van der Waals surface area contributed by atoms with E-state index in [4.69, 9.17) is 16.3 Å². The highest BCUT2D eigenvalue weighted by Gasteiger charge is 2.23. The molecule has 0 heterocycles. The predicted octanol–water partition coefficient (Wildman–Crippen LogP) is 1.84. The van der Waals surface area contributed by atoms with Gasteiger partial charge in [0.15, 0.2) is 5.82 Å². The fraction of sp³-hybridized carbons (Fsp3) is 0.200. The number of ether oxygens (including phenoxy) is 2. The SMILES string of the molecule is COC(=O)C(=O)c1ccc(OC)c(Cl)c1F. The Morgan fingerprint density at radius 3 is 2.44 bits per heavy atom. The molecule has 0 aliphatic rings. The molecule has 0 N–H and O–H groups in total. The van der Waals surface area contributed by atoms with Crippen molar-refractivity contribution in [2.24, 2.45) is 0 Å². The Bertz CT molecular complexity index is 445. The number of hydrogen-bond acceptors (Lipinski definition) is 4. The van der Waals surface area contributed by atoms with Crippen LogP contribution in [0, 0.1) is 5.82 Å². The summed E-state index contributed by atoms with van der Waals surface area (Å²) in [5.74, 6) is -3.17. The van der Waals surface area contributed by atoms with Gasteiger partial charge in [0.2, 0.25) is 0 Å². The van der Waals surface area contributed by atoms with Crippen LogP contribution in [-0.4, -0.2) is 26.0 Å². The summed E-state index contributed by atoms with van der Waals surface area (Å²) in [5.41, 5.74) is -0.447. The van der Waals surface area contributed by atoms with Crippen molar-refractivity contribution in [1.82, 2.24) is 0 Å². The monoisotopic (exact) mass is 246 g/mol. The molecule has 0 saturated carbocycles. The molecular weight excluding hydrogens is 239 g/mol. The highest BCUT2D eigenvalue weighted by atomic mass is 35.5. The Balaban J connectivity index is 3.22. The van der Waals surface area contributed by atoms with Crippen molar-refractivity contribution in [2.75, 3.05) is 14.2 Å². The molecule has 86 valence electrons. The summed E-state index contributed by atoms with van der Waals surface area (Å²) >= 11 is 5.59. The molecule has 0 aliphatic heterocycles. The first-order valence-corrected chi connectivity index (χ1v) is 4.55. The first-order chi connectivity index (χ1) is 7.52. The topological polar surface area (TPSA) is 52.6 Å². The molecule has 0 aliphatic carbocycles. The lowest BCUT2D eigenvalue weighted by Crippen LogP contribution is -2.17. The van der Waals surface area contributed by atoms with E-state index in [1.54, 1.807) is 0 Å². The van der Waals surface area contributed by atoms with Gasteiger partial charge >= 0.3 is 5.97 Å². The lowest BCUT2D eigenvalue weighted by molar-refractivity contribution is -0.135. The molecule has 0 amide bonds. The number of esters is 1. The van der Waals surface area contributed by atoms with Crippen LogP contribution in [0.3, 0.4) is 0 Å². The van der Waals surface area contributed by atoms with Gasteiger partial charge in [-0.05, 0) is 12.1 Å². The molecule has 0 radical (unpaired) electrons. The predicted molar refractivity (Wildman–Crippen MR) is 54.3 cm³/mol. The van der Waals surface area contributed by atoms with Crippen LogP contribution in [-0.2, 0) is 9.53 Å². The number of ketones is 1. The molecular formula is C10H8ClFO4. The van der Waals surface area contributed by atoms with Crippen molar-refractivity contribution in [2.45, 2.75) is 0 Å². The molecule has 6 heteroatoms. The van der Waals surface area contributed by atoms with Crippen molar-refractivity contribution >= 4 is 23.4 Å². The average molecular weight is 247 g/mol. The van der Waals surface area contributed by atoms with E-state index < -0.39 is 23.1 Å². The maximum atomic E-state index is 13.6. The van der Waals surface area contributed by atoms with Crippen molar-refractivity contribution in [3.63, 3.8) is 0 Å². The third-order valence-corrected chi connectivity index (χ3v) is 2.23. The number of carbonyl (C=O) groups excluding carboxylic acids is 2. The third-order valence-electron chi connectivity index (χ3n) is 1.88. The Morgan fingerprint density at radius 2 is 1.94 bits per heavy atom. The third kappa shape index (κ3) is 2.14. The molecule has 16 heavy (non-hydrogen) atoms. The lowest BCUT2D eigenvalue weighted by Gasteiger charge is -2.06. The van der Waals surface area contributed by atoms with E-state index in [-0.39, 0.29) is 10.8 Å². The van der Waals surface area contributed by atoms with Gasteiger partial charge < -0.3 is 9.47 Å². The van der Waals surface area contributed by atoms with Gasteiger partial charge in [0.1, 0.15) is 10.8 Å². The highest BCUT2D eigenvalue weighted by molar-refractivity contribution is 6.41. The second-order valence-corrected chi connectivity index (χ2v) is 3.14. The summed E-state index contributed by atoms with van der Waals surface area (Å²) < 4.78 is 22.5. The van der Waals surface area contributed by atoms with Gasteiger partial charge in [0.05, 0.1) is 19.8 Å². The summed E-state index contributed by atoms with van der Waals surface area (Å²) in [5, 5.41) is -0.350. The van der Waals surface area contributed by atoms with Gasteiger partial charge in [0.25, 0.3) is 5.78 Å². The molecule has 0 spiro atoms. The van der Waals surface area contributed by atoms with E-state index in [1.807, 2.05) is 0 Å². The minimum Gasteiger partial charge on any atom is -0.495 e. The molecule has 0 aromatic heterocycles. The maximum Gasteiger partial charge on any atom is 0.379 e. The second-order valence-electron chi connectivity index (χ2n) is 2.76. The molecule has 1 aromatic carbocycles. The summed E-state index contributed by atoms with van der Waals surface area (Å²) in [6, 6.07) is 2.40. The van der Waals surface area contributed by atoms with E-state index >= 15 is 0 Å². The smallest absolute Gasteiger partial charge is 0.379 e. The zero-order chi connectivity index (χ0) is 12.3. The number of methoxy groups -OCH3 is 2. The number of hydrogen-bond donors (Lipinski definition) is 0. The fourth-order valence-corrected chi connectivity index (χ4v) is 1.31. The van der Waals surface area contributed by atoms with Crippen molar-refractivity contribution < 1.29 is 23.5 Å². The van der Waals surface area contributed by atoms with Crippen molar-refractivity contribution in [3.05, 3.63) is 28.5 Å². The van der Waals surface area contributed by atoms with Crippen LogP contribution in [0.15, 0.2) is 12.1 Å². The molecule has 0 saturated heterocycles. The van der Waals surface area contributed by atoms with Gasteiger partial charge in [-0.1, -0.05) is 11.6 Å². The largest absolute Gasteiger partial charge is 0.495 e. The molecule has 1 aromatic rings. The van der Waals surface area contributed by atoms with Crippen LogP contribution in [0.2, 0.25) is 5.02 Å². The van der Waals surface area contributed by atoms with E-state index in [1.165, 1.54) is 13.2 Å². The van der Waals surface area contributed by atoms with Crippen LogP contribution in [0.4, 0.5) is 4.39 Å². The molecule has 0 atom stereocenters. The first kappa shape index (κ1) is 12.4. The van der Waals surface area contributed by atoms with Crippen LogP contribution < -0.4 is 4.74 Å². The van der Waals surface area contributed by atoms with Gasteiger partial charge in [-0.25, -0.2) is 9.18 Å². The van der Waals surface area contributed by atoms with Crippen LogP contribution in [0.5, 0.6) is 5.75 Å². The van der Waals surface area contributed by atoms with E-state index in [2.05, 4.69) is 4.74 Å². The summed E-state index contributed by atoms with van der Waals surface area (Å²) in [4.78, 5) is 22.3. The van der Waals surface area contributed by atoms with Gasteiger partial charge in [-0.3, -0.25) is 4.79 Å². The van der Waals surface area contributed by atoms with Gasteiger partial charge in [0, 0.05) is 0 Å². The first-order valence-electron chi connectivity index (χ1n) is 4.17. The molecule has 1 rings (SSSR count). The van der Waals surface area contributed by atoms with Gasteiger partial charge in [-0.2, -0.15) is 0 Å². The zero-order valence-corrected chi connectivity index (χ0v) is 9.30. The summed E-state index contributed by atoms with van der Waals surface area (Å²) in [7, 11) is 2.34. The molecule has 0 unspecified atom stereocenters. The number of rotatable bonds is 3. The average Bonchev–Trinajstić information content (AvgIpc) is 2.30. The summed E-state index contributed by atoms with van der Waals surface area (Å²) in [6.07, 6.45) is 0. The second kappa shape index (κ2) is 4.94. The van der Waals surface area contributed by atoms with Crippen LogP contribution >= 0.6 is 11.6 Å². The lowest BCUT2D eigenvalue weighted by atomic mass is 10.1.